The Kier molecular flexibility index (Phi) is 7.70. The lowest BCUT2D eigenvalue weighted by Gasteiger charge is -2.36. The van der Waals surface area contributed by atoms with Crippen molar-refractivity contribution in [1.29, 1.82) is 5.26 Å². The van der Waals surface area contributed by atoms with E-state index in [1.807, 2.05) is 33.8 Å². The topological polar surface area (TPSA) is 196 Å². The molecule has 5 atom stereocenters. The minimum Gasteiger partial charge on any atom is -0.394 e. The van der Waals surface area contributed by atoms with Gasteiger partial charge in [-0.3, -0.25) is 14.3 Å². The molecule has 1 fully saturated rings. The molecule has 0 spiro atoms. The molecule has 3 rings (SSSR count). The Bertz CT molecular complexity index is 1060. The summed E-state index contributed by atoms with van der Waals surface area (Å²) in [5, 5.41) is 30.2. The number of hydrogen-bond acceptors (Lipinski definition) is 11. The lowest BCUT2D eigenvalue weighted by Crippen LogP contribution is -2.43. The van der Waals surface area contributed by atoms with Crippen molar-refractivity contribution in [2.75, 3.05) is 18.5 Å². The smallest absolute Gasteiger partial charge is 0.347 e. The molecule has 0 bridgehead atoms. The van der Waals surface area contributed by atoms with Gasteiger partial charge in [0.25, 0.3) is 5.56 Å². The van der Waals surface area contributed by atoms with E-state index >= 15 is 0 Å². The molecule has 0 radical (unpaired) electrons. The second-order valence-electron chi connectivity index (χ2n) is 8.45. The van der Waals surface area contributed by atoms with Gasteiger partial charge in [0.1, 0.15) is 18.4 Å². The van der Waals surface area contributed by atoms with Crippen molar-refractivity contribution in [2.24, 2.45) is 0 Å². The number of anilines is 1. The highest BCUT2D eigenvalue weighted by atomic mass is 31.2. The van der Waals surface area contributed by atoms with Gasteiger partial charge in [-0.1, -0.05) is 0 Å². The van der Waals surface area contributed by atoms with Crippen molar-refractivity contribution >= 4 is 25.0 Å². The number of fused-ring (bicyclic) bond motifs is 1. The average molecular weight is 484 g/mol. The number of H-pyrrole nitrogens is 1. The van der Waals surface area contributed by atoms with Gasteiger partial charge in [-0.25, -0.2) is 9.88 Å². The van der Waals surface area contributed by atoms with Crippen molar-refractivity contribution in [3.05, 3.63) is 16.7 Å². The van der Waals surface area contributed by atoms with E-state index in [0.717, 1.165) is 0 Å². The molecule has 1 saturated heterocycles. The maximum Gasteiger partial charge on any atom is 0.347 e. The van der Waals surface area contributed by atoms with Crippen LogP contribution in [-0.2, 0) is 9.26 Å². The van der Waals surface area contributed by atoms with Gasteiger partial charge in [0.2, 0.25) is 5.95 Å². The number of aliphatic hydroxyl groups excluding tert-OH is 2. The second kappa shape index (κ2) is 9.99. The monoisotopic (exact) mass is 484 g/mol. The van der Waals surface area contributed by atoms with Crippen LogP contribution in [0.15, 0.2) is 11.1 Å². The fourth-order valence-corrected chi connectivity index (χ4v) is 7.22. The third kappa shape index (κ3) is 4.88. The SMILES string of the molecule is CC(C)N(C(C)C)[P+](O)(CCC#N)O[C@H]1[C@@H](O)[C@H](n2cnc3c(=O)[nH]c(N)nc32)O[C@@H]1CO. The number of nitrogens with one attached hydrogen (secondary N) is 1. The van der Waals surface area contributed by atoms with Gasteiger partial charge in [0.15, 0.2) is 23.5 Å². The number of rotatable bonds is 9. The van der Waals surface area contributed by atoms with E-state index in [1.165, 1.54) is 10.9 Å². The normalized spacial score (nSPS) is 25.2. The Labute approximate surface area is 191 Å². The molecule has 3 heterocycles. The summed E-state index contributed by atoms with van der Waals surface area (Å²) < 4.78 is 15.1. The number of nitrogen functional groups attached to an aromatic ring is 1. The standard InChI is InChI=1S/C19H30N7O6P/c1-10(2)26(11(3)4)33(30,7-5-6-20)32-15-12(8-27)31-18(14(15)28)25-9-22-13-16(25)23-19(21)24-17(13)29/h9-12,14-15,18,27-28,30H,5,7-8H2,1-4H3,(H2-,21,23,24,29)/p+1/t12-,14-,15-,18-,33?/m1/s1. The highest BCUT2D eigenvalue weighted by Crippen LogP contribution is 2.63. The Morgan fingerprint density at radius 2 is 2.09 bits per heavy atom. The van der Waals surface area contributed by atoms with Gasteiger partial charge < -0.3 is 20.7 Å². The zero-order valence-electron chi connectivity index (χ0n) is 19.0. The molecule has 0 amide bonds. The van der Waals surface area contributed by atoms with Gasteiger partial charge in [-0.2, -0.15) is 14.8 Å². The van der Waals surface area contributed by atoms with Crippen molar-refractivity contribution in [3.8, 4) is 6.07 Å². The van der Waals surface area contributed by atoms with Crippen molar-refractivity contribution in [2.45, 2.75) is 70.7 Å². The average Bonchev–Trinajstić information content (AvgIpc) is 3.27. The summed E-state index contributed by atoms with van der Waals surface area (Å²) in [5.41, 5.74) is 5.21. The number of nitriles is 1. The summed E-state index contributed by atoms with van der Waals surface area (Å²) in [6.07, 6.45) is -3.17. The van der Waals surface area contributed by atoms with Gasteiger partial charge in [-0.15, -0.1) is 4.67 Å². The number of nitrogens with two attached hydrogens (primary N) is 1. The highest BCUT2D eigenvalue weighted by molar-refractivity contribution is 7.63. The predicted molar refractivity (Wildman–Crippen MR) is 121 cm³/mol. The number of aliphatic hydroxyl groups is 2. The van der Waals surface area contributed by atoms with Crippen LogP contribution in [0.2, 0.25) is 0 Å². The van der Waals surface area contributed by atoms with Crippen LogP contribution < -0.4 is 11.3 Å². The molecule has 33 heavy (non-hydrogen) atoms. The van der Waals surface area contributed by atoms with E-state index in [4.69, 9.17) is 20.3 Å². The number of aromatic amines is 1. The van der Waals surface area contributed by atoms with Gasteiger partial charge >= 0.3 is 7.87 Å². The molecule has 13 nitrogen and oxygen atoms in total. The number of imidazole rings is 1. The van der Waals surface area contributed by atoms with Crippen LogP contribution in [-0.4, -0.2) is 82.5 Å². The highest BCUT2D eigenvalue weighted by Gasteiger charge is 2.57. The van der Waals surface area contributed by atoms with Crippen molar-refractivity contribution < 1.29 is 24.4 Å². The van der Waals surface area contributed by atoms with E-state index in [2.05, 4.69) is 15.0 Å². The molecule has 2 aromatic rings. The van der Waals surface area contributed by atoms with E-state index in [9.17, 15) is 19.9 Å². The molecule has 0 saturated carbocycles. The summed E-state index contributed by atoms with van der Waals surface area (Å²) >= 11 is 0. The summed E-state index contributed by atoms with van der Waals surface area (Å²) in [6, 6.07) is 1.81. The molecule has 6 N–H and O–H groups in total. The molecular weight excluding hydrogens is 453 g/mol. The maximum atomic E-state index is 12.1. The first-order valence-electron chi connectivity index (χ1n) is 10.7. The molecule has 0 aromatic carbocycles. The summed E-state index contributed by atoms with van der Waals surface area (Å²) in [7, 11) is -3.37. The van der Waals surface area contributed by atoms with Crippen LogP contribution in [0.4, 0.5) is 5.95 Å². The zero-order chi connectivity index (χ0) is 24.5. The lowest BCUT2D eigenvalue weighted by atomic mass is 10.1. The van der Waals surface area contributed by atoms with Crippen molar-refractivity contribution in [1.82, 2.24) is 24.2 Å². The number of hydrogen-bond donors (Lipinski definition) is 5. The third-order valence-corrected chi connectivity index (χ3v) is 8.47. The van der Waals surface area contributed by atoms with Gasteiger partial charge in [0, 0.05) is 12.1 Å². The van der Waals surface area contributed by atoms with Crippen LogP contribution in [0.1, 0.15) is 40.3 Å². The molecule has 1 aliphatic heterocycles. The van der Waals surface area contributed by atoms with Gasteiger partial charge in [0.05, 0.1) is 25.4 Å². The molecule has 182 valence electrons. The Morgan fingerprint density at radius 3 is 2.67 bits per heavy atom. The first-order chi connectivity index (χ1) is 15.5. The predicted octanol–water partition coefficient (Wildman–Crippen LogP) is 0.125. The van der Waals surface area contributed by atoms with E-state index < -0.39 is 44.6 Å². The van der Waals surface area contributed by atoms with Crippen molar-refractivity contribution in [3.63, 3.8) is 0 Å². The minimum atomic E-state index is -3.37. The Morgan fingerprint density at radius 1 is 1.42 bits per heavy atom. The molecule has 14 heteroatoms. The molecule has 0 aliphatic carbocycles. The largest absolute Gasteiger partial charge is 0.394 e. The summed E-state index contributed by atoms with van der Waals surface area (Å²) in [6.45, 7) is 7.11. The second-order valence-corrected chi connectivity index (χ2v) is 10.9. The van der Waals surface area contributed by atoms with E-state index in [0.29, 0.717) is 0 Å². The quantitative estimate of drug-likeness (QED) is 0.303. The Hall–Kier alpha value is -2.17. The molecule has 1 aliphatic rings. The maximum absolute atomic E-state index is 12.1. The summed E-state index contributed by atoms with van der Waals surface area (Å²) in [4.78, 5) is 34.2. The minimum absolute atomic E-state index is 0.00809. The van der Waals surface area contributed by atoms with Crippen LogP contribution >= 0.6 is 7.87 Å². The fourth-order valence-electron chi connectivity index (χ4n) is 4.29. The number of aromatic nitrogens is 4. The van der Waals surface area contributed by atoms with Crippen LogP contribution in [0, 0.1) is 11.3 Å². The molecule has 1 unspecified atom stereocenters. The van der Waals surface area contributed by atoms with Crippen LogP contribution in [0.5, 0.6) is 0 Å². The lowest BCUT2D eigenvalue weighted by molar-refractivity contribution is -0.0507. The van der Waals surface area contributed by atoms with E-state index in [-0.39, 0.29) is 41.8 Å². The molecular formula is C19H31N7O6P+. The Balaban J connectivity index is 1.98. The first kappa shape index (κ1) is 25.5. The fraction of sp³-hybridized carbons (Fsp3) is 0.684. The van der Waals surface area contributed by atoms with Crippen LogP contribution in [0.3, 0.4) is 0 Å². The first-order valence-corrected chi connectivity index (χ1v) is 12.5. The molecule has 2 aromatic heterocycles. The zero-order valence-corrected chi connectivity index (χ0v) is 19.9. The van der Waals surface area contributed by atoms with E-state index in [1.54, 1.807) is 4.67 Å². The van der Waals surface area contributed by atoms with Crippen LogP contribution in [0.25, 0.3) is 11.2 Å². The summed E-state index contributed by atoms with van der Waals surface area (Å²) in [5.74, 6) is -0.130. The third-order valence-electron chi connectivity index (χ3n) is 5.44. The number of ether oxygens (including phenoxy) is 1. The van der Waals surface area contributed by atoms with Gasteiger partial charge in [-0.05, 0) is 27.7 Å². The number of nitrogens with zero attached hydrogens (tertiary/aromatic N) is 5.